The van der Waals surface area contributed by atoms with Gasteiger partial charge in [0.25, 0.3) is 0 Å². The van der Waals surface area contributed by atoms with Gasteiger partial charge in [0.15, 0.2) is 0 Å². The third-order valence-corrected chi connectivity index (χ3v) is 3.25. The van der Waals surface area contributed by atoms with Crippen LogP contribution >= 0.6 is 11.3 Å². The Morgan fingerprint density at radius 3 is 2.77 bits per heavy atom. The van der Waals surface area contributed by atoms with Crippen LogP contribution in [0.2, 0.25) is 0 Å². The highest BCUT2D eigenvalue weighted by Crippen LogP contribution is 2.26. The van der Waals surface area contributed by atoms with Gasteiger partial charge < -0.3 is 5.32 Å². The lowest BCUT2D eigenvalue weighted by atomic mass is 9.98. The molecule has 2 nitrogen and oxygen atoms in total. The molecule has 1 N–H and O–H groups in total. The molecule has 1 heterocycles. The molecule has 0 fully saturated rings. The average molecular weight is 198 g/mol. The minimum atomic E-state index is 0.488. The van der Waals surface area contributed by atoms with Gasteiger partial charge in [0.05, 0.1) is 5.51 Å². The zero-order valence-corrected chi connectivity index (χ0v) is 9.40. The predicted molar refractivity (Wildman–Crippen MR) is 58.0 cm³/mol. The fourth-order valence-corrected chi connectivity index (χ4v) is 2.24. The summed E-state index contributed by atoms with van der Waals surface area (Å²) in [6.07, 6.45) is 3.18. The zero-order valence-electron chi connectivity index (χ0n) is 8.58. The van der Waals surface area contributed by atoms with Crippen LogP contribution in [0.25, 0.3) is 0 Å². The number of rotatable bonds is 5. The quantitative estimate of drug-likeness (QED) is 0.787. The molecule has 0 saturated carbocycles. The van der Waals surface area contributed by atoms with Gasteiger partial charge in [0.2, 0.25) is 0 Å². The van der Waals surface area contributed by atoms with Crippen molar-refractivity contribution in [1.29, 1.82) is 0 Å². The van der Waals surface area contributed by atoms with Crippen molar-refractivity contribution < 1.29 is 0 Å². The first-order valence-corrected chi connectivity index (χ1v) is 5.79. The maximum absolute atomic E-state index is 4.12. The highest BCUT2D eigenvalue weighted by atomic mass is 32.1. The summed E-state index contributed by atoms with van der Waals surface area (Å²) >= 11 is 1.74. The fourth-order valence-electron chi connectivity index (χ4n) is 1.42. The van der Waals surface area contributed by atoms with E-state index in [9.17, 15) is 0 Å². The number of thiazole rings is 1. The van der Waals surface area contributed by atoms with Crippen LogP contribution in [-0.2, 0) is 0 Å². The van der Waals surface area contributed by atoms with Crippen LogP contribution in [0.15, 0.2) is 11.7 Å². The van der Waals surface area contributed by atoms with Gasteiger partial charge in [-0.05, 0) is 12.5 Å². The SMILES string of the molecule is CCNC(c1cncs1)C(C)CC. The lowest BCUT2D eigenvalue weighted by Crippen LogP contribution is -2.25. The number of hydrogen-bond acceptors (Lipinski definition) is 3. The molecule has 0 aliphatic rings. The van der Waals surface area contributed by atoms with Gasteiger partial charge in [-0.2, -0.15) is 0 Å². The Balaban J connectivity index is 2.68. The first kappa shape index (κ1) is 10.7. The Kier molecular flexibility index (Phi) is 4.39. The monoisotopic (exact) mass is 198 g/mol. The number of nitrogens with one attached hydrogen (secondary N) is 1. The van der Waals surface area contributed by atoms with Crippen molar-refractivity contribution in [2.75, 3.05) is 6.54 Å². The standard InChI is InChI=1S/C10H18N2S/c1-4-8(3)10(12-5-2)9-6-11-7-13-9/h6-8,10,12H,4-5H2,1-3H3. The van der Waals surface area contributed by atoms with Crippen molar-refractivity contribution in [3.05, 3.63) is 16.6 Å². The molecule has 0 saturated heterocycles. The molecule has 1 aromatic heterocycles. The zero-order chi connectivity index (χ0) is 9.68. The van der Waals surface area contributed by atoms with Crippen LogP contribution in [0.4, 0.5) is 0 Å². The Morgan fingerprint density at radius 1 is 1.54 bits per heavy atom. The van der Waals surface area contributed by atoms with Gasteiger partial charge in [-0.15, -0.1) is 11.3 Å². The highest BCUT2D eigenvalue weighted by molar-refractivity contribution is 7.09. The van der Waals surface area contributed by atoms with Crippen LogP contribution < -0.4 is 5.32 Å². The van der Waals surface area contributed by atoms with E-state index < -0.39 is 0 Å². The van der Waals surface area contributed by atoms with Gasteiger partial charge in [-0.3, -0.25) is 4.98 Å². The second kappa shape index (κ2) is 5.35. The van der Waals surface area contributed by atoms with E-state index >= 15 is 0 Å². The summed E-state index contributed by atoms with van der Waals surface area (Å²) in [4.78, 5) is 5.48. The summed E-state index contributed by atoms with van der Waals surface area (Å²) < 4.78 is 0. The molecule has 0 aliphatic carbocycles. The Labute approximate surface area is 84.4 Å². The summed E-state index contributed by atoms with van der Waals surface area (Å²) in [5.74, 6) is 0.681. The van der Waals surface area contributed by atoms with Crippen molar-refractivity contribution in [1.82, 2.24) is 10.3 Å². The van der Waals surface area contributed by atoms with E-state index in [1.54, 1.807) is 11.3 Å². The molecule has 2 unspecified atom stereocenters. The minimum Gasteiger partial charge on any atom is -0.309 e. The average Bonchev–Trinajstić information content (AvgIpc) is 2.65. The maximum Gasteiger partial charge on any atom is 0.0794 e. The molecule has 74 valence electrons. The van der Waals surface area contributed by atoms with Crippen LogP contribution in [0, 0.1) is 5.92 Å². The van der Waals surface area contributed by atoms with Gasteiger partial charge in [-0.1, -0.05) is 27.2 Å². The molecule has 0 spiro atoms. The molecule has 0 aromatic carbocycles. The normalized spacial score (nSPS) is 15.6. The Morgan fingerprint density at radius 2 is 2.31 bits per heavy atom. The fraction of sp³-hybridized carbons (Fsp3) is 0.700. The van der Waals surface area contributed by atoms with Crippen molar-refractivity contribution in [3.63, 3.8) is 0 Å². The Bertz CT molecular complexity index is 221. The summed E-state index contributed by atoms with van der Waals surface area (Å²) in [6.45, 7) is 7.69. The summed E-state index contributed by atoms with van der Waals surface area (Å²) in [6, 6.07) is 0.488. The molecule has 1 rings (SSSR count). The van der Waals surface area contributed by atoms with Crippen molar-refractivity contribution in [3.8, 4) is 0 Å². The second-order valence-electron chi connectivity index (χ2n) is 3.32. The molecular formula is C10H18N2S. The number of aromatic nitrogens is 1. The van der Waals surface area contributed by atoms with E-state index in [-0.39, 0.29) is 0 Å². The molecule has 0 radical (unpaired) electrons. The number of nitrogens with zero attached hydrogens (tertiary/aromatic N) is 1. The maximum atomic E-state index is 4.12. The number of hydrogen-bond donors (Lipinski definition) is 1. The molecule has 3 heteroatoms. The lowest BCUT2D eigenvalue weighted by molar-refractivity contribution is 0.388. The minimum absolute atomic E-state index is 0.488. The van der Waals surface area contributed by atoms with Crippen LogP contribution in [0.3, 0.4) is 0 Å². The van der Waals surface area contributed by atoms with E-state index in [0.717, 1.165) is 6.54 Å². The molecule has 0 bridgehead atoms. The molecule has 0 aliphatic heterocycles. The van der Waals surface area contributed by atoms with Crippen LogP contribution in [0.5, 0.6) is 0 Å². The van der Waals surface area contributed by atoms with Crippen molar-refractivity contribution in [2.45, 2.75) is 33.2 Å². The summed E-state index contributed by atoms with van der Waals surface area (Å²) in [5.41, 5.74) is 1.90. The third kappa shape index (κ3) is 2.78. The molecule has 0 amide bonds. The van der Waals surface area contributed by atoms with Gasteiger partial charge in [0, 0.05) is 17.1 Å². The summed E-state index contributed by atoms with van der Waals surface area (Å²) in [5, 5.41) is 3.51. The van der Waals surface area contributed by atoms with Crippen LogP contribution in [0.1, 0.15) is 38.1 Å². The van der Waals surface area contributed by atoms with Gasteiger partial charge in [-0.25, -0.2) is 0 Å². The molecule has 2 atom stereocenters. The van der Waals surface area contributed by atoms with Gasteiger partial charge >= 0.3 is 0 Å². The molecular weight excluding hydrogens is 180 g/mol. The van der Waals surface area contributed by atoms with E-state index in [2.05, 4.69) is 31.1 Å². The first-order chi connectivity index (χ1) is 6.29. The highest BCUT2D eigenvalue weighted by Gasteiger charge is 2.17. The van der Waals surface area contributed by atoms with E-state index in [4.69, 9.17) is 0 Å². The van der Waals surface area contributed by atoms with Crippen molar-refractivity contribution in [2.24, 2.45) is 5.92 Å². The van der Waals surface area contributed by atoms with E-state index in [0.29, 0.717) is 12.0 Å². The molecule has 13 heavy (non-hydrogen) atoms. The van der Waals surface area contributed by atoms with Gasteiger partial charge in [0.1, 0.15) is 0 Å². The van der Waals surface area contributed by atoms with E-state index in [1.165, 1.54) is 11.3 Å². The van der Waals surface area contributed by atoms with Crippen LogP contribution in [-0.4, -0.2) is 11.5 Å². The predicted octanol–water partition coefficient (Wildman–Crippen LogP) is 2.84. The third-order valence-electron chi connectivity index (χ3n) is 2.39. The second-order valence-corrected chi connectivity index (χ2v) is 4.24. The topological polar surface area (TPSA) is 24.9 Å². The lowest BCUT2D eigenvalue weighted by Gasteiger charge is -2.22. The first-order valence-electron chi connectivity index (χ1n) is 4.91. The van der Waals surface area contributed by atoms with E-state index in [1.807, 2.05) is 11.7 Å². The largest absolute Gasteiger partial charge is 0.309 e. The summed E-state index contributed by atoms with van der Waals surface area (Å²) in [7, 11) is 0. The molecule has 1 aromatic rings. The van der Waals surface area contributed by atoms with Crippen molar-refractivity contribution >= 4 is 11.3 Å². The smallest absolute Gasteiger partial charge is 0.0794 e. The Hall–Kier alpha value is -0.410.